The zero-order valence-corrected chi connectivity index (χ0v) is 6.97. The van der Waals surface area contributed by atoms with Crippen molar-refractivity contribution >= 4 is 5.91 Å². The van der Waals surface area contributed by atoms with Gasteiger partial charge in [-0.2, -0.15) is 0 Å². The Morgan fingerprint density at radius 3 is 2.10 bits per heavy atom. The lowest BCUT2D eigenvalue weighted by Gasteiger charge is -2.16. The SMILES string of the molecule is CNC(=O)[C@@H](OC)C(C)C. The lowest BCUT2D eigenvalue weighted by molar-refractivity contribution is -0.132. The van der Waals surface area contributed by atoms with Crippen LogP contribution in [0, 0.1) is 5.92 Å². The second-order valence-corrected chi connectivity index (χ2v) is 2.51. The van der Waals surface area contributed by atoms with Crippen LogP contribution >= 0.6 is 0 Å². The average molecular weight is 145 g/mol. The van der Waals surface area contributed by atoms with Gasteiger partial charge in [0.15, 0.2) is 0 Å². The predicted molar refractivity (Wildman–Crippen MR) is 39.7 cm³/mol. The third kappa shape index (κ3) is 2.35. The molecule has 3 heteroatoms. The molecule has 0 radical (unpaired) electrons. The molecule has 0 saturated heterocycles. The van der Waals surface area contributed by atoms with Crippen LogP contribution in [-0.4, -0.2) is 26.2 Å². The fourth-order valence-electron chi connectivity index (χ4n) is 0.824. The molecule has 60 valence electrons. The van der Waals surface area contributed by atoms with Crippen molar-refractivity contribution in [3.8, 4) is 0 Å². The second kappa shape index (κ2) is 4.28. The highest BCUT2D eigenvalue weighted by atomic mass is 16.5. The third-order valence-electron chi connectivity index (χ3n) is 1.36. The molecule has 0 unspecified atom stereocenters. The van der Waals surface area contributed by atoms with Crippen LogP contribution in [0.2, 0.25) is 0 Å². The summed E-state index contributed by atoms with van der Waals surface area (Å²) in [6.07, 6.45) is -0.315. The highest BCUT2D eigenvalue weighted by Crippen LogP contribution is 2.04. The molecule has 0 aliphatic rings. The van der Waals surface area contributed by atoms with E-state index in [1.165, 1.54) is 0 Å². The van der Waals surface area contributed by atoms with Gasteiger partial charge in [0.2, 0.25) is 5.91 Å². The van der Waals surface area contributed by atoms with E-state index in [9.17, 15) is 4.79 Å². The van der Waals surface area contributed by atoms with E-state index >= 15 is 0 Å². The summed E-state index contributed by atoms with van der Waals surface area (Å²) in [6.45, 7) is 3.90. The van der Waals surface area contributed by atoms with Gasteiger partial charge in [-0.25, -0.2) is 0 Å². The van der Waals surface area contributed by atoms with Crippen LogP contribution in [0.4, 0.5) is 0 Å². The second-order valence-electron chi connectivity index (χ2n) is 2.51. The van der Waals surface area contributed by atoms with Crippen LogP contribution in [0.1, 0.15) is 13.8 Å². The van der Waals surface area contributed by atoms with Crippen molar-refractivity contribution in [2.75, 3.05) is 14.2 Å². The first-order chi connectivity index (χ1) is 4.63. The number of hydrogen-bond acceptors (Lipinski definition) is 2. The predicted octanol–water partition coefficient (Wildman–Crippen LogP) is 0.403. The fraction of sp³-hybridized carbons (Fsp3) is 0.857. The lowest BCUT2D eigenvalue weighted by Crippen LogP contribution is -2.36. The maximum absolute atomic E-state index is 10.9. The Morgan fingerprint density at radius 2 is 2.00 bits per heavy atom. The Labute approximate surface area is 61.8 Å². The van der Waals surface area contributed by atoms with E-state index in [-0.39, 0.29) is 17.9 Å². The zero-order chi connectivity index (χ0) is 8.15. The van der Waals surface area contributed by atoms with Gasteiger partial charge in [-0.15, -0.1) is 0 Å². The molecule has 1 atom stereocenters. The molecule has 3 nitrogen and oxygen atoms in total. The van der Waals surface area contributed by atoms with Crippen LogP contribution in [0.5, 0.6) is 0 Å². The molecule has 1 amide bonds. The standard InChI is InChI=1S/C7H15NO2/c1-5(2)6(10-4)7(9)8-3/h5-6H,1-4H3,(H,8,9)/t6-/m0/s1. The van der Waals surface area contributed by atoms with Crippen molar-refractivity contribution in [1.29, 1.82) is 0 Å². The van der Waals surface area contributed by atoms with Gasteiger partial charge in [0.05, 0.1) is 0 Å². The van der Waals surface area contributed by atoms with E-state index in [4.69, 9.17) is 4.74 Å². The monoisotopic (exact) mass is 145 g/mol. The molecular weight excluding hydrogens is 130 g/mol. The summed E-state index contributed by atoms with van der Waals surface area (Å²) < 4.78 is 4.95. The zero-order valence-electron chi connectivity index (χ0n) is 6.97. The van der Waals surface area contributed by atoms with Gasteiger partial charge in [-0.05, 0) is 5.92 Å². The van der Waals surface area contributed by atoms with Crippen LogP contribution in [-0.2, 0) is 9.53 Å². The number of rotatable bonds is 3. The molecule has 0 aromatic heterocycles. The first kappa shape index (κ1) is 9.43. The van der Waals surface area contributed by atoms with Crippen molar-refractivity contribution in [2.24, 2.45) is 5.92 Å². The van der Waals surface area contributed by atoms with E-state index in [1.54, 1.807) is 14.2 Å². The highest BCUT2D eigenvalue weighted by Gasteiger charge is 2.19. The highest BCUT2D eigenvalue weighted by molar-refractivity contribution is 5.80. The molecule has 0 rings (SSSR count). The summed E-state index contributed by atoms with van der Waals surface area (Å²) in [5.41, 5.74) is 0. The summed E-state index contributed by atoms with van der Waals surface area (Å²) in [5, 5.41) is 2.53. The summed E-state index contributed by atoms with van der Waals surface area (Å²) in [6, 6.07) is 0. The number of likely N-dealkylation sites (N-methyl/N-ethyl adjacent to an activating group) is 1. The summed E-state index contributed by atoms with van der Waals surface area (Å²) in [4.78, 5) is 10.9. The molecule has 1 N–H and O–H groups in total. The van der Waals surface area contributed by atoms with Gasteiger partial charge in [-0.1, -0.05) is 13.8 Å². The first-order valence-corrected chi connectivity index (χ1v) is 3.37. The lowest BCUT2D eigenvalue weighted by atomic mass is 10.1. The molecule has 0 fully saturated rings. The Balaban J connectivity index is 3.93. The topological polar surface area (TPSA) is 38.3 Å². The maximum atomic E-state index is 10.9. The average Bonchev–Trinajstić information content (AvgIpc) is 1.88. The van der Waals surface area contributed by atoms with Crippen molar-refractivity contribution in [3.05, 3.63) is 0 Å². The van der Waals surface area contributed by atoms with Crippen LogP contribution in [0.25, 0.3) is 0 Å². The van der Waals surface area contributed by atoms with Crippen molar-refractivity contribution < 1.29 is 9.53 Å². The summed E-state index contributed by atoms with van der Waals surface area (Å²) >= 11 is 0. The Kier molecular flexibility index (Phi) is 4.03. The molecule has 0 saturated carbocycles. The van der Waals surface area contributed by atoms with E-state index in [0.717, 1.165) is 0 Å². The van der Waals surface area contributed by atoms with Crippen molar-refractivity contribution in [2.45, 2.75) is 20.0 Å². The molecule has 0 aliphatic carbocycles. The minimum absolute atomic E-state index is 0.0579. The van der Waals surface area contributed by atoms with E-state index in [2.05, 4.69) is 5.32 Å². The van der Waals surface area contributed by atoms with Crippen molar-refractivity contribution in [1.82, 2.24) is 5.32 Å². The number of ether oxygens (including phenoxy) is 1. The smallest absolute Gasteiger partial charge is 0.249 e. The van der Waals surface area contributed by atoms with Gasteiger partial charge >= 0.3 is 0 Å². The van der Waals surface area contributed by atoms with Gasteiger partial charge in [0, 0.05) is 14.2 Å². The first-order valence-electron chi connectivity index (χ1n) is 3.37. The van der Waals surface area contributed by atoms with Crippen LogP contribution in [0.3, 0.4) is 0 Å². The quantitative estimate of drug-likeness (QED) is 0.624. The molecule has 0 bridgehead atoms. The van der Waals surface area contributed by atoms with E-state index in [1.807, 2.05) is 13.8 Å². The Hall–Kier alpha value is -0.570. The molecule has 0 aliphatic heterocycles. The molecule has 0 aromatic carbocycles. The molecule has 0 aromatic rings. The van der Waals surface area contributed by atoms with Crippen molar-refractivity contribution in [3.63, 3.8) is 0 Å². The Morgan fingerprint density at radius 1 is 1.50 bits per heavy atom. The number of carbonyl (C=O) groups is 1. The third-order valence-corrected chi connectivity index (χ3v) is 1.36. The molecule has 10 heavy (non-hydrogen) atoms. The number of carbonyl (C=O) groups excluding carboxylic acids is 1. The summed E-state index contributed by atoms with van der Waals surface area (Å²) in [5.74, 6) is 0.169. The van der Waals surface area contributed by atoms with E-state index in [0.29, 0.717) is 0 Å². The molecule has 0 heterocycles. The molecular formula is C7H15NO2. The minimum Gasteiger partial charge on any atom is -0.371 e. The minimum atomic E-state index is -0.315. The number of hydrogen-bond donors (Lipinski definition) is 1. The van der Waals surface area contributed by atoms with Crippen LogP contribution in [0.15, 0.2) is 0 Å². The normalized spacial score (nSPS) is 13.3. The fourth-order valence-corrected chi connectivity index (χ4v) is 0.824. The van der Waals surface area contributed by atoms with Gasteiger partial charge in [-0.3, -0.25) is 4.79 Å². The summed E-state index contributed by atoms with van der Waals surface area (Å²) in [7, 11) is 3.15. The van der Waals surface area contributed by atoms with Gasteiger partial charge in [0.1, 0.15) is 6.10 Å². The van der Waals surface area contributed by atoms with Gasteiger partial charge < -0.3 is 10.1 Å². The van der Waals surface area contributed by atoms with Crippen LogP contribution < -0.4 is 5.32 Å². The maximum Gasteiger partial charge on any atom is 0.249 e. The number of amides is 1. The molecule has 0 spiro atoms. The largest absolute Gasteiger partial charge is 0.371 e. The number of nitrogens with one attached hydrogen (secondary N) is 1. The van der Waals surface area contributed by atoms with E-state index < -0.39 is 0 Å². The van der Waals surface area contributed by atoms with Gasteiger partial charge in [0.25, 0.3) is 0 Å². The number of methoxy groups -OCH3 is 1. The Bertz CT molecular complexity index is 112.